The maximum atomic E-state index is 11.8. The summed E-state index contributed by atoms with van der Waals surface area (Å²) in [6.45, 7) is 0.377. The number of nitro benzene ring substituents is 1. The van der Waals surface area contributed by atoms with Crippen LogP contribution in [0.3, 0.4) is 0 Å². The zero-order valence-corrected chi connectivity index (χ0v) is 14.1. The third-order valence-corrected chi connectivity index (χ3v) is 3.40. The van der Waals surface area contributed by atoms with Gasteiger partial charge in [-0.15, -0.1) is 0 Å². The molecule has 2 rings (SSSR count). The number of non-ortho nitro benzene ring substituents is 1. The van der Waals surface area contributed by atoms with Gasteiger partial charge in [0, 0.05) is 22.2 Å². The molecule has 24 heavy (non-hydrogen) atoms. The average molecular weight is 389 g/mol. The summed E-state index contributed by atoms with van der Waals surface area (Å²) in [5.74, 6) is 5.93. The van der Waals surface area contributed by atoms with Gasteiger partial charge >= 0.3 is 0 Å². The van der Waals surface area contributed by atoms with Gasteiger partial charge in [0.15, 0.2) is 0 Å². The number of hydrogen-bond acceptors (Lipinski definition) is 4. The molecule has 0 aliphatic carbocycles. The van der Waals surface area contributed by atoms with Gasteiger partial charge in [-0.2, -0.15) is 0 Å². The van der Waals surface area contributed by atoms with E-state index in [1.54, 1.807) is 0 Å². The molecule has 0 spiro atoms. The summed E-state index contributed by atoms with van der Waals surface area (Å²) in [6.07, 6.45) is 0. The van der Waals surface area contributed by atoms with E-state index in [0.29, 0.717) is 11.3 Å². The molecule has 0 radical (unpaired) electrons. The SMILES string of the molecule is O=C(NCC#CCOc1cccc(Br)c1)c1ccc([N+](=O)[O-])cc1. The number of hydrogen-bond donors (Lipinski definition) is 1. The van der Waals surface area contributed by atoms with Crippen LogP contribution in [-0.2, 0) is 0 Å². The van der Waals surface area contributed by atoms with E-state index in [1.807, 2.05) is 24.3 Å². The fraction of sp³-hybridized carbons (Fsp3) is 0.118. The Morgan fingerprint density at radius 3 is 2.62 bits per heavy atom. The molecule has 1 amide bonds. The Morgan fingerprint density at radius 1 is 1.21 bits per heavy atom. The minimum absolute atomic E-state index is 0.0592. The lowest BCUT2D eigenvalue weighted by molar-refractivity contribution is -0.384. The zero-order chi connectivity index (χ0) is 17.4. The Balaban J connectivity index is 1.75. The van der Waals surface area contributed by atoms with E-state index in [1.165, 1.54) is 24.3 Å². The Bertz CT molecular complexity index is 794. The summed E-state index contributed by atoms with van der Waals surface area (Å²) < 4.78 is 6.35. The molecule has 1 N–H and O–H groups in total. The first kappa shape index (κ1) is 17.5. The van der Waals surface area contributed by atoms with Crippen molar-refractivity contribution in [2.45, 2.75) is 0 Å². The van der Waals surface area contributed by atoms with Gasteiger partial charge in [-0.1, -0.05) is 33.8 Å². The summed E-state index contributed by atoms with van der Waals surface area (Å²) in [6, 6.07) is 12.8. The fourth-order valence-corrected chi connectivity index (χ4v) is 2.13. The average Bonchev–Trinajstić information content (AvgIpc) is 2.58. The van der Waals surface area contributed by atoms with E-state index in [0.717, 1.165) is 4.47 Å². The summed E-state index contributed by atoms with van der Waals surface area (Å²) in [4.78, 5) is 21.9. The molecular weight excluding hydrogens is 376 g/mol. The molecule has 0 aromatic heterocycles. The molecule has 2 aromatic rings. The van der Waals surface area contributed by atoms with Crippen LogP contribution >= 0.6 is 15.9 Å². The number of ether oxygens (including phenoxy) is 1. The molecule has 0 fully saturated rings. The smallest absolute Gasteiger partial charge is 0.269 e. The standard InChI is InChI=1S/C17H13BrN2O4/c18-14-4-3-5-16(12-14)24-11-2-1-10-19-17(21)13-6-8-15(9-7-13)20(22)23/h3-9,12H,10-11H2,(H,19,21). The topological polar surface area (TPSA) is 81.5 Å². The van der Waals surface area contributed by atoms with Crippen LogP contribution in [0.5, 0.6) is 5.75 Å². The van der Waals surface area contributed by atoms with E-state index in [4.69, 9.17) is 4.74 Å². The second kappa shape index (κ2) is 8.70. The molecule has 0 heterocycles. The monoisotopic (exact) mass is 388 g/mol. The predicted molar refractivity (Wildman–Crippen MR) is 92.8 cm³/mol. The molecule has 0 aliphatic heterocycles. The summed E-state index contributed by atoms with van der Waals surface area (Å²) in [7, 11) is 0. The van der Waals surface area contributed by atoms with E-state index in [2.05, 4.69) is 33.1 Å². The van der Waals surface area contributed by atoms with Crippen molar-refractivity contribution in [3.05, 3.63) is 68.7 Å². The van der Waals surface area contributed by atoms with Gasteiger partial charge < -0.3 is 10.1 Å². The number of rotatable bonds is 5. The molecule has 0 unspecified atom stereocenters. The lowest BCUT2D eigenvalue weighted by Gasteiger charge is -2.02. The van der Waals surface area contributed by atoms with Crippen molar-refractivity contribution in [1.29, 1.82) is 0 Å². The zero-order valence-electron chi connectivity index (χ0n) is 12.5. The third kappa shape index (κ3) is 5.41. The van der Waals surface area contributed by atoms with Crippen LogP contribution in [0.4, 0.5) is 5.69 Å². The van der Waals surface area contributed by atoms with Crippen molar-refractivity contribution < 1.29 is 14.5 Å². The van der Waals surface area contributed by atoms with Crippen molar-refractivity contribution in [2.75, 3.05) is 13.2 Å². The van der Waals surface area contributed by atoms with E-state index in [-0.39, 0.29) is 24.7 Å². The van der Waals surface area contributed by atoms with E-state index < -0.39 is 4.92 Å². The van der Waals surface area contributed by atoms with Crippen molar-refractivity contribution in [3.63, 3.8) is 0 Å². The van der Waals surface area contributed by atoms with Crippen molar-refractivity contribution in [2.24, 2.45) is 0 Å². The van der Waals surface area contributed by atoms with Gasteiger partial charge in [-0.25, -0.2) is 0 Å². The second-order valence-corrected chi connectivity index (χ2v) is 5.50. The number of carbonyl (C=O) groups excluding carboxylic acids is 1. The van der Waals surface area contributed by atoms with Crippen LogP contribution in [-0.4, -0.2) is 24.0 Å². The minimum Gasteiger partial charge on any atom is -0.481 e. The van der Waals surface area contributed by atoms with Gasteiger partial charge in [0.1, 0.15) is 12.4 Å². The van der Waals surface area contributed by atoms with Crippen LogP contribution < -0.4 is 10.1 Å². The molecule has 0 aliphatic rings. The van der Waals surface area contributed by atoms with Gasteiger partial charge in [0.05, 0.1) is 11.5 Å². The number of nitro groups is 1. The van der Waals surface area contributed by atoms with Crippen LogP contribution in [0, 0.1) is 22.0 Å². The first-order valence-electron chi connectivity index (χ1n) is 6.93. The lowest BCUT2D eigenvalue weighted by atomic mass is 10.2. The summed E-state index contributed by atoms with van der Waals surface area (Å²) >= 11 is 3.35. The van der Waals surface area contributed by atoms with Gasteiger partial charge in [0.2, 0.25) is 0 Å². The molecule has 7 heteroatoms. The highest BCUT2D eigenvalue weighted by Gasteiger charge is 2.08. The molecular formula is C17H13BrN2O4. The molecule has 6 nitrogen and oxygen atoms in total. The molecule has 2 aromatic carbocycles. The second-order valence-electron chi connectivity index (χ2n) is 4.59. The quantitative estimate of drug-likeness (QED) is 0.484. The number of nitrogens with one attached hydrogen (secondary N) is 1. The molecule has 0 saturated carbocycles. The predicted octanol–water partition coefficient (Wildman–Crippen LogP) is 3.17. The highest BCUT2D eigenvalue weighted by molar-refractivity contribution is 9.10. The fourth-order valence-electron chi connectivity index (χ4n) is 1.75. The molecule has 0 saturated heterocycles. The number of halogens is 1. The largest absolute Gasteiger partial charge is 0.481 e. The minimum atomic E-state index is -0.515. The van der Waals surface area contributed by atoms with Crippen LogP contribution in [0.1, 0.15) is 10.4 Å². The summed E-state index contributed by atoms with van der Waals surface area (Å²) in [5.41, 5.74) is 0.281. The van der Waals surface area contributed by atoms with Crippen molar-refractivity contribution >= 4 is 27.5 Å². The molecule has 122 valence electrons. The highest BCUT2D eigenvalue weighted by atomic mass is 79.9. The number of carbonyl (C=O) groups is 1. The Kier molecular flexibility index (Phi) is 6.34. The van der Waals surface area contributed by atoms with Gasteiger partial charge in [-0.05, 0) is 30.3 Å². The molecule has 0 bridgehead atoms. The van der Waals surface area contributed by atoms with Crippen LogP contribution in [0.25, 0.3) is 0 Å². The normalized spacial score (nSPS) is 9.54. The van der Waals surface area contributed by atoms with Crippen molar-refractivity contribution in [3.8, 4) is 17.6 Å². The highest BCUT2D eigenvalue weighted by Crippen LogP contribution is 2.17. The number of benzene rings is 2. The van der Waals surface area contributed by atoms with Gasteiger partial charge in [-0.3, -0.25) is 14.9 Å². The maximum absolute atomic E-state index is 11.8. The van der Waals surface area contributed by atoms with Crippen LogP contribution in [0.15, 0.2) is 53.0 Å². The maximum Gasteiger partial charge on any atom is 0.269 e. The van der Waals surface area contributed by atoms with E-state index in [9.17, 15) is 14.9 Å². The lowest BCUT2D eigenvalue weighted by Crippen LogP contribution is -2.23. The Hall–Kier alpha value is -2.85. The molecule has 0 atom stereocenters. The third-order valence-electron chi connectivity index (χ3n) is 2.91. The van der Waals surface area contributed by atoms with Gasteiger partial charge in [0.25, 0.3) is 11.6 Å². The summed E-state index contributed by atoms with van der Waals surface area (Å²) in [5, 5.41) is 13.2. The number of amides is 1. The first-order chi connectivity index (χ1) is 11.6. The number of nitrogens with zero attached hydrogens (tertiary/aromatic N) is 1. The van der Waals surface area contributed by atoms with Crippen LogP contribution in [0.2, 0.25) is 0 Å². The Morgan fingerprint density at radius 2 is 1.96 bits per heavy atom. The van der Waals surface area contributed by atoms with Crippen molar-refractivity contribution in [1.82, 2.24) is 5.32 Å². The first-order valence-corrected chi connectivity index (χ1v) is 7.72. The van der Waals surface area contributed by atoms with E-state index >= 15 is 0 Å². The Labute approximate surface area is 147 Å².